The summed E-state index contributed by atoms with van der Waals surface area (Å²) >= 11 is 0. The van der Waals surface area contributed by atoms with Crippen LogP contribution >= 0.6 is 0 Å². The van der Waals surface area contributed by atoms with E-state index in [4.69, 9.17) is 10.5 Å². The van der Waals surface area contributed by atoms with E-state index < -0.39 is 5.41 Å². The average molecular weight is 354 g/mol. The Morgan fingerprint density at radius 3 is 2.77 bits per heavy atom. The summed E-state index contributed by atoms with van der Waals surface area (Å²) in [7, 11) is 0. The number of aromatic nitrogens is 2. The lowest BCUT2D eigenvalue weighted by molar-refractivity contribution is -0.135. The van der Waals surface area contributed by atoms with E-state index >= 15 is 0 Å². The lowest BCUT2D eigenvalue weighted by Gasteiger charge is -2.34. The Morgan fingerprint density at radius 2 is 2.12 bits per heavy atom. The molecular formula is C19H22N4O3. The molecule has 4 rings (SSSR count). The van der Waals surface area contributed by atoms with E-state index in [1.54, 1.807) is 11.1 Å². The number of hydrogen-bond donors (Lipinski definition) is 1. The zero-order valence-electron chi connectivity index (χ0n) is 14.5. The lowest BCUT2D eigenvalue weighted by Crippen LogP contribution is -2.48. The van der Waals surface area contributed by atoms with Crippen LogP contribution in [-0.4, -0.2) is 52.8 Å². The molecule has 2 aliphatic rings. The van der Waals surface area contributed by atoms with Gasteiger partial charge in [-0.25, -0.2) is 0 Å². The summed E-state index contributed by atoms with van der Waals surface area (Å²) in [5, 5.41) is 4.18. The first-order valence-corrected chi connectivity index (χ1v) is 8.82. The smallest absolute Gasteiger partial charge is 0.253 e. The van der Waals surface area contributed by atoms with E-state index in [1.165, 1.54) is 0 Å². The third-order valence-electron chi connectivity index (χ3n) is 5.59. The van der Waals surface area contributed by atoms with Crippen LogP contribution in [0.2, 0.25) is 0 Å². The fraction of sp³-hybridized carbons (Fsp3) is 0.421. The highest BCUT2D eigenvalue weighted by Gasteiger charge is 2.53. The molecule has 7 nitrogen and oxygen atoms in total. The minimum absolute atomic E-state index is 0.0169. The lowest BCUT2D eigenvalue weighted by atomic mass is 9.74. The highest BCUT2D eigenvalue weighted by Crippen LogP contribution is 2.42. The molecule has 2 aromatic rings. The molecule has 1 aromatic heterocycles. The number of likely N-dealkylation sites (tertiary alicyclic amines) is 1. The van der Waals surface area contributed by atoms with E-state index in [0.29, 0.717) is 44.8 Å². The molecule has 0 radical (unpaired) electrons. The van der Waals surface area contributed by atoms with Gasteiger partial charge in [0, 0.05) is 43.6 Å². The van der Waals surface area contributed by atoms with Crippen LogP contribution in [0, 0.1) is 11.3 Å². The maximum absolute atomic E-state index is 12.9. The highest BCUT2D eigenvalue weighted by atomic mass is 16.5. The molecule has 136 valence electrons. The Morgan fingerprint density at radius 1 is 1.31 bits per heavy atom. The number of amides is 2. The van der Waals surface area contributed by atoms with Gasteiger partial charge in [0.1, 0.15) is 0 Å². The van der Waals surface area contributed by atoms with E-state index in [2.05, 4.69) is 5.10 Å². The van der Waals surface area contributed by atoms with Gasteiger partial charge in [-0.3, -0.25) is 14.3 Å². The molecule has 0 aliphatic carbocycles. The van der Waals surface area contributed by atoms with Crippen LogP contribution in [0.15, 0.2) is 42.7 Å². The zero-order chi connectivity index (χ0) is 18.1. The predicted octanol–water partition coefficient (Wildman–Crippen LogP) is 0.895. The highest BCUT2D eigenvalue weighted by molar-refractivity contribution is 5.95. The molecule has 0 unspecified atom stereocenters. The van der Waals surface area contributed by atoms with Gasteiger partial charge in [0.05, 0.1) is 18.6 Å². The summed E-state index contributed by atoms with van der Waals surface area (Å²) in [5.41, 5.74) is 6.73. The number of primary amides is 1. The second-order valence-corrected chi connectivity index (χ2v) is 7.13. The standard InChI is InChI=1S/C19H22N4O3/c20-18(25)19-6-9-26-12-16(19)11-22(13-19)17(24)15-4-2-14(3-5-15)10-23-8-1-7-21-23/h1-5,7-8,16H,6,9-13H2,(H2,20,25)/t16-,19+/m1/s1. The minimum atomic E-state index is -0.645. The topological polar surface area (TPSA) is 90.5 Å². The van der Waals surface area contributed by atoms with Crippen molar-refractivity contribution in [3.05, 3.63) is 53.9 Å². The zero-order valence-corrected chi connectivity index (χ0v) is 14.5. The minimum Gasteiger partial charge on any atom is -0.381 e. The maximum Gasteiger partial charge on any atom is 0.253 e. The number of hydrogen-bond acceptors (Lipinski definition) is 4. The summed E-state index contributed by atoms with van der Waals surface area (Å²) in [5.74, 6) is -0.405. The van der Waals surface area contributed by atoms with Crippen LogP contribution in [0.4, 0.5) is 0 Å². The second kappa shape index (κ2) is 6.57. The van der Waals surface area contributed by atoms with Crippen molar-refractivity contribution >= 4 is 11.8 Å². The van der Waals surface area contributed by atoms with Gasteiger partial charge in [-0.2, -0.15) is 5.10 Å². The Hall–Kier alpha value is -2.67. The first-order valence-electron chi connectivity index (χ1n) is 8.82. The van der Waals surface area contributed by atoms with Crippen LogP contribution in [-0.2, 0) is 16.1 Å². The number of carbonyl (C=O) groups is 2. The monoisotopic (exact) mass is 354 g/mol. The van der Waals surface area contributed by atoms with Crippen LogP contribution in [0.25, 0.3) is 0 Å². The van der Waals surface area contributed by atoms with Gasteiger partial charge in [-0.05, 0) is 30.2 Å². The number of ether oxygens (including phenoxy) is 1. The van der Waals surface area contributed by atoms with E-state index in [9.17, 15) is 9.59 Å². The molecule has 26 heavy (non-hydrogen) atoms. The van der Waals surface area contributed by atoms with Crippen molar-refractivity contribution in [1.29, 1.82) is 0 Å². The van der Waals surface area contributed by atoms with Gasteiger partial charge in [-0.15, -0.1) is 0 Å². The van der Waals surface area contributed by atoms with Gasteiger partial charge in [-0.1, -0.05) is 12.1 Å². The molecule has 0 saturated carbocycles. The third-order valence-corrected chi connectivity index (χ3v) is 5.59. The first-order chi connectivity index (χ1) is 12.6. The van der Waals surface area contributed by atoms with Gasteiger partial charge >= 0.3 is 0 Å². The van der Waals surface area contributed by atoms with Gasteiger partial charge < -0.3 is 15.4 Å². The molecule has 0 bridgehead atoms. The average Bonchev–Trinajstić information content (AvgIpc) is 3.29. The Balaban J connectivity index is 1.48. The Bertz CT molecular complexity index is 803. The summed E-state index contributed by atoms with van der Waals surface area (Å²) in [6.45, 7) is 2.55. The first kappa shape index (κ1) is 16.8. The van der Waals surface area contributed by atoms with Gasteiger partial charge in [0.2, 0.25) is 5.91 Å². The van der Waals surface area contributed by atoms with E-state index in [-0.39, 0.29) is 17.7 Å². The van der Waals surface area contributed by atoms with E-state index in [0.717, 1.165) is 5.56 Å². The van der Waals surface area contributed by atoms with Crippen molar-refractivity contribution in [2.24, 2.45) is 17.1 Å². The molecule has 1 aromatic carbocycles. The van der Waals surface area contributed by atoms with Crippen molar-refractivity contribution < 1.29 is 14.3 Å². The summed E-state index contributed by atoms with van der Waals surface area (Å²) in [6.07, 6.45) is 4.22. The second-order valence-electron chi connectivity index (χ2n) is 7.13. The molecule has 2 aliphatic heterocycles. The number of benzene rings is 1. The Labute approximate surface area is 151 Å². The summed E-state index contributed by atoms with van der Waals surface area (Å²) in [6, 6.07) is 9.41. The van der Waals surface area contributed by atoms with Crippen LogP contribution in [0.3, 0.4) is 0 Å². The van der Waals surface area contributed by atoms with Crippen molar-refractivity contribution in [1.82, 2.24) is 14.7 Å². The molecular weight excluding hydrogens is 332 g/mol. The van der Waals surface area contributed by atoms with Gasteiger partial charge in [0.25, 0.3) is 5.91 Å². The normalized spacial score (nSPS) is 25.1. The molecule has 0 spiro atoms. The van der Waals surface area contributed by atoms with Crippen molar-refractivity contribution in [3.8, 4) is 0 Å². The Kier molecular flexibility index (Phi) is 4.24. The summed E-state index contributed by atoms with van der Waals surface area (Å²) in [4.78, 5) is 26.7. The quantitative estimate of drug-likeness (QED) is 0.883. The van der Waals surface area contributed by atoms with E-state index in [1.807, 2.05) is 41.2 Å². The molecule has 7 heteroatoms. The van der Waals surface area contributed by atoms with Crippen molar-refractivity contribution in [3.63, 3.8) is 0 Å². The fourth-order valence-electron chi connectivity index (χ4n) is 4.02. The van der Waals surface area contributed by atoms with Crippen molar-refractivity contribution in [2.45, 2.75) is 13.0 Å². The molecule has 2 N–H and O–H groups in total. The van der Waals surface area contributed by atoms with Crippen LogP contribution in [0.5, 0.6) is 0 Å². The molecule has 2 saturated heterocycles. The third kappa shape index (κ3) is 2.88. The number of carbonyl (C=O) groups excluding carboxylic acids is 2. The largest absolute Gasteiger partial charge is 0.381 e. The maximum atomic E-state index is 12.9. The molecule has 3 heterocycles. The van der Waals surface area contributed by atoms with Crippen LogP contribution in [0.1, 0.15) is 22.3 Å². The van der Waals surface area contributed by atoms with Gasteiger partial charge in [0.15, 0.2) is 0 Å². The molecule has 2 fully saturated rings. The fourth-order valence-corrected chi connectivity index (χ4v) is 4.02. The van der Waals surface area contributed by atoms with Crippen molar-refractivity contribution in [2.75, 3.05) is 26.3 Å². The number of nitrogens with two attached hydrogens (primary N) is 1. The predicted molar refractivity (Wildman–Crippen MR) is 94.2 cm³/mol. The SMILES string of the molecule is NC(=O)[C@]12CCOC[C@H]1CN(C(=O)c1ccc(Cn3cccn3)cc1)C2. The van der Waals surface area contributed by atoms with Crippen LogP contribution < -0.4 is 5.73 Å². The number of rotatable bonds is 4. The summed E-state index contributed by atoms with van der Waals surface area (Å²) < 4.78 is 7.34. The molecule has 2 atom stereocenters. The molecule has 2 amide bonds. The number of nitrogens with zero attached hydrogens (tertiary/aromatic N) is 3. The number of fused-ring (bicyclic) bond motifs is 1.